The molecule has 0 radical (unpaired) electrons. The van der Waals surface area contributed by atoms with Crippen molar-refractivity contribution >= 4 is 11.7 Å². The van der Waals surface area contributed by atoms with Gasteiger partial charge in [-0.3, -0.25) is 0 Å². The highest BCUT2D eigenvalue weighted by Crippen LogP contribution is 2.16. The van der Waals surface area contributed by atoms with Gasteiger partial charge in [0.2, 0.25) is 0 Å². The van der Waals surface area contributed by atoms with Crippen molar-refractivity contribution in [3.63, 3.8) is 0 Å². The second-order valence-electron chi connectivity index (χ2n) is 4.81. The molecular formula is C16H16N4. The number of aryl methyl sites for hydroxylation is 2. The predicted octanol–water partition coefficient (Wildman–Crippen LogP) is 3.00. The summed E-state index contributed by atoms with van der Waals surface area (Å²) in [5.74, 6) is 0. The SMILES string of the molecule is Cc1nn2cnnc2c(C)c1CC=Cc1ccccc1. The fourth-order valence-electron chi connectivity index (χ4n) is 2.36. The van der Waals surface area contributed by atoms with Crippen LogP contribution in [-0.4, -0.2) is 19.8 Å². The van der Waals surface area contributed by atoms with Gasteiger partial charge in [0.15, 0.2) is 5.65 Å². The quantitative estimate of drug-likeness (QED) is 0.730. The lowest BCUT2D eigenvalue weighted by molar-refractivity contribution is 0.867. The van der Waals surface area contributed by atoms with E-state index in [0.717, 1.165) is 23.3 Å². The summed E-state index contributed by atoms with van der Waals surface area (Å²) >= 11 is 0. The van der Waals surface area contributed by atoms with E-state index in [4.69, 9.17) is 0 Å². The summed E-state index contributed by atoms with van der Waals surface area (Å²) in [5.41, 5.74) is 5.43. The second-order valence-corrected chi connectivity index (χ2v) is 4.81. The molecular weight excluding hydrogens is 248 g/mol. The Hall–Kier alpha value is -2.49. The number of allylic oxidation sites excluding steroid dienone is 1. The monoisotopic (exact) mass is 264 g/mol. The molecule has 2 aromatic heterocycles. The summed E-state index contributed by atoms with van der Waals surface area (Å²) in [6.07, 6.45) is 6.79. The molecule has 0 fully saturated rings. The average molecular weight is 264 g/mol. The number of benzene rings is 1. The van der Waals surface area contributed by atoms with Crippen LogP contribution in [0, 0.1) is 13.8 Å². The van der Waals surface area contributed by atoms with E-state index in [9.17, 15) is 0 Å². The van der Waals surface area contributed by atoms with E-state index in [0.29, 0.717) is 0 Å². The van der Waals surface area contributed by atoms with Crippen molar-refractivity contribution in [2.24, 2.45) is 0 Å². The Balaban J connectivity index is 1.89. The van der Waals surface area contributed by atoms with Crippen LogP contribution in [0.2, 0.25) is 0 Å². The Morgan fingerprint density at radius 2 is 1.95 bits per heavy atom. The highest BCUT2D eigenvalue weighted by atomic mass is 15.3. The van der Waals surface area contributed by atoms with Gasteiger partial charge < -0.3 is 0 Å². The molecule has 0 unspecified atom stereocenters. The molecule has 4 nitrogen and oxygen atoms in total. The number of aromatic nitrogens is 4. The Bertz CT molecular complexity index is 757. The molecule has 2 heterocycles. The van der Waals surface area contributed by atoms with Gasteiger partial charge in [-0.1, -0.05) is 42.5 Å². The second kappa shape index (κ2) is 5.25. The summed E-state index contributed by atoms with van der Waals surface area (Å²) in [6, 6.07) is 10.3. The van der Waals surface area contributed by atoms with Crippen LogP contribution in [0.5, 0.6) is 0 Å². The van der Waals surface area contributed by atoms with Crippen LogP contribution in [0.1, 0.15) is 22.4 Å². The van der Waals surface area contributed by atoms with E-state index in [1.165, 1.54) is 11.1 Å². The van der Waals surface area contributed by atoms with E-state index in [-0.39, 0.29) is 0 Å². The maximum Gasteiger partial charge on any atom is 0.180 e. The van der Waals surface area contributed by atoms with Crippen LogP contribution >= 0.6 is 0 Å². The molecule has 0 aliphatic carbocycles. The standard InChI is InChI=1S/C16H16N4/c1-12-15(10-6-9-14-7-4-3-5-8-14)13(2)19-20-11-17-18-16(12)20/h3-9,11H,10H2,1-2H3. The molecule has 0 amide bonds. The maximum atomic E-state index is 4.48. The molecule has 0 bridgehead atoms. The van der Waals surface area contributed by atoms with E-state index in [1.54, 1.807) is 10.8 Å². The molecule has 0 atom stereocenters. The molecule has 0 aliphatic rings. The molecule has 0 aliphatic heterocycles. The van der Waals surface area contributed by atoms with E-state index < -0.39 is 0 Å². The minimum atomic E-state index is 0.832. The first-order valence-electron chi connectivity index (χ1n) is 6.63. The number of hydrogen-bond donors (Lipinski definition) is 0. The van der Waals surface area contributed by atoms with Crippen molar-refractivity contribution in [1.82, 2.24) is 19.8 Å². The Kier molecular flexibility index (Phi) is 3.29. The number of nitrogens with zero attached hydrogens (tertiary/aromatic N) is 4. The van der Waals surface area contributed by atoms with Crippen LogP contribution in [-0.2, 0) is 6.42 Å². The van der Waals surface area contributed by atoms with Crippen LogP contribution in [0.3, 0.4) is 0 Å². The Morgan fingerprint density at radius 1 is 1.15 bits per heavy atom. The summed E-state index contributed by atoms with van der Waals surface area (Å²) in [4.78, 5) is 0. The molecule has 3 rings (SSSR count). The van der Waals surface area contributed by atoms with E-state index in [2.05, 4.69) is 46.5 Å². The molecule has 4 heteroatoms. The lowest BCUT2D eigenvalue weighted by Crippen LogP contribution is -2.03. The van der Waals surface area contributed by atoms with Gasteiger partial charge in [0.1, 0.15) is 6.33 Å². The normalized spacial score (nSPS) is 11.5. The van der Waals surface area contributed by atoms with Gasteiger partial charge in [0, 0.05) is 5.56 Å². The summed E-state index contributed by atoms with van der Waals surface area (Å²) in [5, 5.41) is 12.5. The van der Waals surface area contributed by atoms with Crippen LogP contribution < -0.4 is 0 Å². The first-order valence-corrected chi connectivity index (χ1v) is 6.63. The van der Waals surface area contributed by atoms with E-state index in [1.807, 2.05) is 25.1 Å². The first kappa shape index (κ1) is 12.5. The summed E-state index contributed by atoms with van der Waals surface area (Å²) in [6.45, 7) is 4.10. The van der Waals surface area contributed by atoms with Crippen molar-refractivity contribution in [2.75, 3.05) is 0 Å². The van der Waals surface area contributed by atoms with Crippen molar-refractivity contribution in [3.05, 3.63) is 65.1 Å². The van der Waals surface area contributed by atoms with Gasteiger partial charge in [-0.15, -0.1) is 10.2 Å². The van der Waals surface area contributed by atoms with Gasteiger partial charge in [-0.05, 0) is 31.4 Å². The molecule has 1 aromatic carbocycles. The van der Waals surface area contributed by atoms with Crippen molar-refractivity contribution < 1.29 is 0 Å². The Morgan fingerprint density at radius 3 is 2.75 bits per heavy atom. The Labute approximate surface area is 117 Å². The van der Waals surface area contributed by atoms with Crippen molar-refractivity contribution in [1.29, 1.82) is 0 Å². The molecule has 100 valence electrons. The highest BCUT2D eigenvalue weighted by molar-refractivity contribution is 5.53. The zero-order valence-corrected chi connectivity index (χ0v) is 11.6. The number of fused-ring (bicyclic) bond motifs is 1. The van der Waals surface area contributed by atoms with Gasteiger partial charge >= 0.3 is 0 Å². The number of hydrogen-bond acceptors (Lipinski definition) is 3. The van der Waals surface area contributed by atoms with Crippen LogP contribution in [0.15, 0.2) is 42.7 Å². The fraction of sp³-hybridized carbons (Fsp3) is 0.188. The summed E-state index contributed by atoms with van der Waals surface area (Å²) < 4.78 is 1.73. The average Bonchev–Trinajstić information content (AvgIpc) is 2.92. The molecule has 0 spiro atoms. The lowest BCUT2D eigenvalue weighted by Gasteiger charge is -2.07. The molecule has 3 aromatic rings. The third-order valence-corrected chi connectivity index (χ3v) is 3.44. The topological polar surface area (TPSA) is 43.1 Å². The minimum absolute atomic E-state index is 0.832. The highest BCUT2D eigenvalue weighted by Gasteiger charge is 2.09. The molecule has 0 saturated carbocycles. The minimum Gasteiger partial charge on any atom is -0.200 e. The molecule has 0 N–H and O–H groups in total. The van der Waals surface area contributed by atoms with Crippen molar-refractivity contribution in [3.8, 4) is 0 Å². The summed E-state index contributed by atoms with van der Waals surface area (Å²) in [7, 11) is 0. The third kappa shape index (κ3) is 2.32. The fourth-order valence-corrected chi connectivity index (χ4v) is 2.36. The number of rotatable bonds is 3. The van der Waals surface area contributed by atoms with Gasteiger partial charge in [0.25, 0.3) is 0 Å². The van der Waals surface area contributed by atoms with Crippen LogP contribution in [0.25, 0.3) is 11.7 Å². The lowest BCUT2D eigenvalue weighted by atomic mass is 10.0. The zero-order chi connectivity index (χ0) is 13.9. The smallest absolute Gasteiger partial charge is 0.180 e. The first-order chi connectivity index (χ1) is 9.75. The van der Waals surface area contributed by atoms with Gasteiger partial charge in [-0.2, -0.15) is 5.10 Å². The molecule has 0 saturated heterocycles. The zero-order valence-electron chi connectivity index (χ0n) is 11.6. The molecule has 20 heavy (non-hydrogen) atoms. The van der Waals surface area contributed by atoms with Gasteiger partial charge in [-0.25, -0.2) is 4.52 Å². The maximum absolute atomic E-state index is 4.48. The largest absolute Gasteiger partial charge is 0.200 e. The van der Waals surface area contributed by atoms with Crippen molar-refractivity contribution in [2.45, 2.75) is 20.3 Å². The van der Waals surface area contributed by atoms with E-state index >= 15 is 0 Å². The van der Waals surface area contributed by atoms with Gasteiger partial charge in [0.05, 0.1) is 5.69 Å². The van der Waals surface area contributed by atoms with Crippen LogP contribution in [0.4, 0.5) is 0 Å². The third-order valence-electron chi connectivity index (χ3n) is 3.44. The predicted molar refractivity (Wildman–Crippen MR) is 79.4 cm³/mol.